The molecule has 1 aliphatic carbocycles. The Hall–Kier alpha value is -0.290. The largest absolute Gasteiger partial charge is 0.401 e. The average molecular weight is 267 g/mol. The third-order valence-corrected chi connectivity index (χ3v) is 4.12. The smallest absolute Gasteiger partial charge is 0.394 e. The van der Waals surface area contributed by atoms with Crippen molar-refractivity contribution in [3.63, 3.8) is 0 Å². The van der Waals surface area contributed by atoms with Crippen LogP contribution in [-0.2, 0) is 0 Å². The van der Waals surface area contributed by atoms with E-state index in [0.717, 1.165) is 12.8 Å². The lowest BCUT2D eigenvalue weighted by Gasteiger charge is -2.48. The number of alkyl halides is 3. The maximum atomic E-state index is 12.4. The SMILES string of the molecule is CC1CCC(C(C)C)C(CO)(NCC(F)(F)F)C1. The second-order valence-corrected chi connectivity index (χ2v) is 6.02. The van der Waals surface area contributed by atoms with Crippen LogP contribution in [0.2, 0.25) is 0 Å². The van der Waals surface area contributed by atoms with Crippen molar-refractivity contribution in [1.29, 1.82) is 0 Å². The van der Waals surface area contributed by atoms with Gasteiger partial charge in [-0.1, -0.05) is 27.2 Å². The van der Waals surface area contributed by atoms with Crippen molar-refractivity contribution in [3.8, 4) is 0 Å². The molecule has 0 aromatic carbocycles. The van der Waals surface area contributed by atoms with Crippen molar-refractivity contribution in [2.75, 3.05) is 13.2 Å². The van der Waals surface area contributed by atoms with Crippen molar-refractivity contribution in [2.45, 2.75) is 51.7 Å². The highest BCUT2D eigenvalue weighted by atomic mass is 19.4. The van der Waals surface area contributed by atoms with E-state index in [-0.39, 0.29) is 18.4 Å². The van der Waals surface area contributed by atoms with Crippen molar-refractivity contribution in [3.05, 3.63) is 0 Å². The van der Waals surface area contributed by atoms with Crippen LogP contribution >= 0.6 is 0 Å². The Morgan fingerprint density at radius 3 is 2.39 bits per heavy atom. The number of rotatable bonds is 4. The molecule has 1 aliphatic rings. The van der Waals surface area contributed by atoms with Gasteiger partial charge in [-0.3, -0.25) is 0 Å². The normalized spacial score (nSPS) is 34.0. The summed E-state index contributed by atoms with van der Waals surface area (Å²) in [6.45, 7) is 4.82. The maximum Gasteiger partial charge on any atom is 0.401 e. The van der Waals surface area contributed by atoms with Crippen LogP contribution in [0.15, 0.2) is 0 Å². The lowest BCUT2D eigenvalue weighted by atomic mass is 9.65. The van der Waals surface area contributed by atoms with E-state index in [2.05, 4.69) is 5.32 Å². The Bertz CT molecular complexity index is 267. The highest BCUT2D eigenvalue weighted by Gasteiger charge is 2.45. The van der Waals surface area contributed by atoms with Gasteiger partial charge in [0.1, 0.15) is 0 Å². The zero-order valence-electron chi connectivity index (χ0n) is 11.3. The molecule has 0 saturated heterocycles. The number of hydrogen-bond donors (Lipinski definition) is 2. The van der Waals surface area contributed by atoms with Crippen LogP contribution in [0.5, 0.6) is 0 Å². The first-order valence-corrected chi connectivity index (χ1v) is 6.63. The highest BCUT2D eigenvalue weighted by Crippen LogP contribution is 2.41. The average Bonchev–Trinajstić information content (AvgIpc) is 2.25. The molecule has 108 valence electrons. The molecule has 0 spiro atoms. The van der Waals surface area contributed by atoms with E-state index in [0.29, 0.717) is 12.3 Å². The van der Waals surface area contributed by atoms with Gasteiger partial charge in [0.25, 0.3) is 0 Å². The van der Waals surface area contributed by atoms with E-state index in [9.17, 15) is 18.3 Å². The van der Waals surface area contributed by atoms with Crippen molar-refractivity contribution >= 4 is 0 Å². The molecule has 1 rings (SSSR count). The second kappa shape index (κ2) is 5.78. The van der Waals surface area contributed by atoms with Gasteiger partial charge in [-0.15, -0.1) is 0 Å². The standard InChI is InChI=1S/C13H24F3NO/c1-9(2)11-5-4-10(3)6-12(11,8-18)17-7-13(14,15)16/h9-11,17-18H,4-8H2,1-3H3. The molecule has 1 saturated carbocycles. The molecule has 18 heavy (non-hydrogen) atoms. The Kier molecular flexibility index (Phi) is 5.06. The third-order valence-electron chi connectivity index (χ3n) is 4.12. The fourth-order valence-electron chi connectivity index (χ4n) is 3.30. The monoisotopic (exact) mass is 267 g/mol. The molecule has 2 N–H and O–H groups in total. The summed E-state index contributed by atoms with van der Waals surface area (Å²) in [4.78, 5) is 0. The van der Waals surface area contributed by atoms with Gasteiger partial charge in [0, 0.05) is 5.54 Å². The number of halogens is 3. The topological polar surface area (TPSA) is 32.3 Å². The zero-order chi connectivity index (χ0) is 14.0. The van der Waals surface area contributed by atoms with E-state index in [1.165, 1.54) is 0 Å². The van der Waals surface area contributed by atoms with E-state index < -0.39 is 18.3 Å². The van der Waals surface area contributed by atoms with Crippen molar-refractivity contribution < 1.29 is 18.3 Å². The summed E-state index contributed by atoms with van der Waals surface area (Å²) in [6.07, 6.45) is -1.71. The fraction of sp³-hybridized carbons (Fsp3) is 1.00. The molecule has 0 aromatic heterocycles. The third kappa shape index (κ3) is 3.85. The Morgan fingerprint density at radius 2 is 1.94 bits per heavy atom. The molecule has 0 heterocycles. The molecular weight excluding hydrogens is 243 g/mol. The first-order valence-electron chi connectivity index (χ1n) is 6.63. The minimum atomic E-state index is -4.23. The summed E-state index contributed by atoms with van der Waals surface area (Å²) in [5.74, 6) is 0.722. The molecule has 1 fully saturated rings. The molecule has 0 radical (unpaired) electrons. The van der Waals surface area contributed by atoms with Crippen LogP contribution in [0.1, 0.15) is 40.0 Å². The molecular formula is C13H24F3NO. The molecule has 0 bridgehead atoms. The second-order valence-electron chi connectivity index (χ2n) is 6.02. The predicted octanol–water partition coefficient (Wildman–Crippen LogP) is 2.96. The van der Waals surface area contributed by atoms with Crippen LogP contribution < -0.4 is 5.32 Å². The number of aliphatic hydroxyl groups excluding tert-OH is 1. The highest BCUT2D eigenvalue weighted by molar-refractivity contribution is 5.00. The fourth-order valence-corrected chi connectivity index (χ4v) is 3.30. The molecule has 0 aliphatic heterocycles. The van der Waals surface area contributed by atoms with Gasteiger partial charge in [0.15, 0.2) is 0 Å². The summed E-state index contributed by atoms with van der Waals surface area (Å²) in [5.41, 5.74) is -0.776. The summed E-state index contributed by atoms with van der Waals surface area (Å²) in [5, 5.41) is 12.3. The van der Waals surface area contributed by atoms with E-state index >= 15 is 0 Å². The summed E-state index contributed by atoms with van der Waals surface area (Å²) >= 11 is 0. The Labute approximate surface area is 107 Å². The molecule has 0 amide bonds. The van der Waals surface area contributed by atoms with E-state index in [1.807, 2.05) is 20.8 Å². The van der Waals surface area contributed by atoms with E-state index in [4.69, 9.17) is 0 Å². The zero-order valence-corrected chi connectivity index (χ0v) is 11.3. The summed E-state index contributed by atoms with van der Waals surface area (Å²) in [6, 6.07) is 0. The number of aliphatic hydroxyl groups is 1. The van der Waals surface area contributed by atoms with E-state index in [1.54, 1.807) is 0 Å². The van der Waals surface area contributed by atoms with Crippen molar-refractivity contribution in [1.82, 2.24) is 5.32 Å². The number of hydrogen-bond acceptors (Lipinski definition) is 2. The summed E-state index contributed by atoms with van der Waals surface area (Å²) < 4.78 is 37.2. The van der Waals surface area contributed by atoms with Crippen LogP contribution in [-0.4, -0.2) is 30.0 Å². The number of nitrogens with one attached hydrogen (secondary N) is 1. The predicted molar refractivity (Wildman–Crippen MR) is 65.2 cm³/mol. The molecule has 3 unspecified atom stereocenters. The van der Waals surface area contributed by atoms with Gasteiger partial charge in [-0.05, 0) is 30.6 Å². The van der Waals surface area contributed by atoms with Gasteiger partial charge in [0.2, 0.25) is 0 Å². The molecule has 3 atom stereocenters. The van der Waals surface area contributed by atoms with Crippen molar-refractivity contribution in [2.24, 2.45) is 17.8 Å². The van der Waals surface area contributed by atoms with Gasteiger partial charge < -0.3 is 10.4 Å². The lowest BCUT2D eigenvalue weighted by Crippen LogP contribution is -2.60. The quantitative estimate of drug-likeness (QED) is 0.820. The van der Waals surface area contributed by atoms with Gasteiger partial charge in [0.05, 0.1) is 13.2 Å². The lowest BCUT2D eigenvalue weighted by molar-refractivity contribution is -0.135. The van der Waals surface area contributed by atoms with Crippen LogP contribution in [0.3, 0.4) is 0 Å². The summed E-state index contributed by atoms with van der Waals surface area (Å²) in [7, 11) is 0. The molecule has 5 heteroatoms. The Balaban J connectivity index is 2.83. The first-order chi connectivity index (χ1) is 8.20. The Morgan fingerprint density at radius 1 is 1.33 bits per heavy atom. The molecule has 2 nitrogen and oxygen atoms in total. The van der Waals surface area contributed by atoms with Crippen LogP contribution in [0, 0.1) is 17.8 Å². The van der Waals surface area contributed by atoms with Crippen LogP contribution in [0.4, 0.5) is 13.2 Å². The van der Waals surface area contributed by atoms with Gasteiger partial charge >= 0.3 is 6.18 Å². The minimum Gasteiger partial charge on any atom is -0.394 e. The maximum absolute atomic E-state index is 12.4. The van der Waals surface area contributed by atoms with Crippen LogP contribution in [0.25, 0.3) is 0 Å². The first kappa shape index (κ1) is 15.8. The van der Waals surface area contributed by atoms with Gasteiger partial charge in [-0.2, -0.15) is 13.2 Å². The molecule has 0 aromatic rings. The van der Waals surface area contributed by atoms with Gasteiger partial charge in [-0.25, -0.2) is 0 Å². The minimum absolute atomic E-state index is 0.0982.